The minimum atomic E-state index is 0.989. The molecular weight excluding hydrogens is 376 g/mol. The van der Waals surface area contributed by atoms with Crippen LogP contribution in [0.25, 0.3) is 50.0 Å². The minimum Gasteiger partial charge on any atom is -0.307 e. The van der Waals surface area contributed by atoms with Crippen LogP contribution in [-0.2, 0) is 0 Å². The fourth-order valence-corrected chi connectivity index (χ4v) is 4.39. The molecule has 0 unspecified atom stereocenters. The summed E-state index contributed by atoms with van der Waals surface area (Å²) in [4.78, 5) is 5.20. The zero-order chi connectivity index (χ0) is 20.6. The van der Waals surface area contributed by atoms with Gasteiger partial charge in [-0.15, -0.1) is 0 Å². The first-order valence-electron chi connectivity index (χ1n) is 10.5. The second-order valence-corrected chi connectivity index (χ2v) is 7.67. The summed E-state index contributed by atoms with van der Waals surface area (Å²) in [5.74, 6) is 0. The maximum atomic E-state index is 5.20. The number of rotatable bonds is 3. The van der Waals surface area contributed by atoms with Crippen LogP contribution in [0.3, 0.4) is 0 Å². The van der Waals surface area contributed by atoms with Crippen molar-refractivity contribution in [3.05, 3.63) is 121 Å². The quantitative estimate of drug-likeness (QED) is 0.303. The van der Waals surface area contributed by atoms with E-state index in [0.717, 1.165) is 33.7 Å². The van der Waals surface area contributed by atoms with Gasteiger partial charge in [0.05, 0.1) is 22.4 Å². The number of pyridine rings is 1. The van der Waals surface area contributed by atoms with Crippen molar-refractivity contribution >= 4 is 21.8 Å². The van der Waals surface area contributed by atoms with Crippen LogP contribution < -0.4 is 0 Å². The highest BCUT2D eigenvalue weighted by molar-refractivity contribution is 6.14. The summed E-state index contributed by atoms with van der Waals surface area (Å²) >= 11 is 0. The van der Waals surface area contributed by atoms with Gasteiger partial charge in [-0.05, 0) is 24.3 Å². The third-order valence-corrected chi connectivity index (χ3v) is 5.78. The Morgan fingerprint density at radius 3 is 1.81 bits per heavy atom. The van der Waals surface area contributed by atoms with Crippen molar-refractivity contribution in [1.82, 2.24) is 9.55 Å². The lowest BCUT2D eigenvalue weighted by Gasteiger charge is -2.12. The van der Waals surface area contributed by atoms with E-state index in [0.29, 0.717) is 0 Å². The first-order chi connectivity index (χ1) is 15.4. The number of aromatic nitrogens is 2. The Bertz CT molecular complexity index is 1500. The van der Waals surface area contributed by atoms with E-state index in [2.05, 4.69) is 120 Å². The standard InChI is InChI=1S/C29H20N2/c1-4-12-21(13-5-1)26-20-25-24-18-10-11-19-27(24)31(23-16-8-3-9-17-23)29(25)28(30-26)22-14-6-2-7-15-22/h1-20H. The highest BCUT2D eigenvalue weighted by Gasteiger charge is 2.19. The number of hydrogen-bond acceptors (Lipinski definition) is 1. The monoisotopic (exact) mass is 396 g/mol. The molecule has 0 saturated carbocycles. The molecule has 0 aliphatic rings. The zero-order valence-corrected chi connectivity index (χ0v) is 16.9. The molecule has 0 amide bonds. The number of fused-ring (bicyclic) bond motifs is 3. The molecule has 0 bridgehead atoms. The molecule has 2 aromatic heterocycles. The molecule has 0 aliphatic heterocycles. The Labute approximate surface area is 181 Å². The normalized spacial score (nSPS) is 11.2. The molecule has 0 N–H and O–H groups in total. The summed E-state index contributed by atoms with van der Waals surface area (Å²) in [5, 5.41) is 2.45. The van der Waals surface area contributed by atoms with Gasteiger partial charge in [-0.1, -0.05) is 97.1 Å². The molecule has 0 fully saturated rings. The second-order valence-electron chi connectivity index (χ2n) is 7.67. The van der Waals surface area contributed by atoms with Crippen LogP contribution in [0.5, 0.6) is 0 Å². The average molecular weight is 396 g/mol. The predicted octanol–water partition coefficient (Wildman–Crippen LogP) is 7.51. The molecule has 0 atom stereocenters. The molecule has 2 heterocycles. The molecule has 2 heteroatoms. The van der Waals surface area contributed by atoms with Crippen LogP contribution in [0.15, 0.2) is 121 Å². The van der Waals surface area contributed by atoms with Crippen LogP contribution in [0.2, 0.25) is 0 Å². The van der Waals surface area contributed by atoms with Crippen LogP contribution in [0.4, 0.5) is 0 Å². The lowest BCUT2D eigenvalue weighted by Crippen LogP contribution is -1.97. The van der Waals surface area contributed by atoms with Crippen molar-refractivity contribution in [2.45, 2.75) is 0 Å². The van der Waals surface area contributed by atoms with E-state index in [1.165, 1.54) is 16.3 Å². The summed E-state index contributed by atoms with van der Waals surface area (Å²) in [6.45, 7) is 0. The van der Waals surface area contributed by atoms with Crippen molar-refractivity contribution in [3.8, 4) is 28.2 Å². The number of nitrogens with zero attached hydrogens (tertiary/aromatic N) is 2. The van der Waals surface area contributed by atoms with Crippen LogP contribution in [0.1, 0.15) is 0 Å². The molecule has 4 aromatic carbocycles. The molecule has 0 radical (unpaired) electrons. The number of hydrogen-bond donors (Lipinski definition) is 0. The van der Waals surface area contributed by atoms with Crippen molar-refractivity contribution in [2.75, 3.05) is 0 Å². The molecule has 2 nitrogen and oxygen atoms in total. The summed E-state index contributed by atoms with van der Waals surface area (Å²) in [5.41, 5.74) is 7.69. The fourth-order valence-electron chi connectivity index (χ4n) is 4.39. The lowest BCUT2D eigenvalue weighted by atomic mass is 10.0. The molecular formula is C29H20N2. The topological polar surface area (TPSA) is 17.8 Å². The van der Waals surface area contributed by atoms with Crippen LogP contribution in [-0.4, -0.2) is 9.55 Å². The highest BCUT2D eigenvalue weighted by Crippen LogP contribution is 2.39. The van der Waals surface area contributed by atoms with Crippen molar-refractivity contribution in [3.63, 3.8) is 0 Å². The van der Waals surface area contributed by atoms with Crippen LogP contribution in [0, 0.1) is 0 Å². The molecule has 0 aliphatic carbocycles. The van der Waals surface area contributed by atoms with Crippen molar-refractivity contribution < 1.29 is 0 Å². The highest BCUT2D eigenvalue weighted by atomic mass is 15.0. The Morgan fingerprint density at radius 1 is 0.516 bits per heavy atom. The molecule has 0 saturated heterocycles. The van der Waals surface area contributed by atoms with Crippen LogP contribution >= 0.6 is 0 Å². The largest absolute Gasteiger partial charge is 0.307 e. The van der Waals surface area contributed by atoms with E-state index in [1.807, 2.05) is 6.07 Å². The second kappa shape index (κ2) is 7.26. The van der Waals surface area contributed by atoms with Gasteiger partial charge in [0.25, 0.3) is 0 Å². The first-order valence-corrected chi connectivity index (χ1v) is 10.5. The maximum Gasteiger partial charge on any atom is 0.0956 e. The van der Waals surface area contributed by atoms with E-state index in [1.54, 1.807) is 0 Å². The third-order valence-electron chi connectivity index (χ3n) is 5.78. The van der Waals surface area contributed by atoms with Gasteiger partial charge in [-0.25, -0.2) is 4.98 Å². The summed E-state index contributed by atoms with van der Waals surface area (Å²) in [6, 6.07) is 42.3. The molecule has 146 valence electrons. The Morgan fingerprint density at radius 2 is 1.10 bits per heavy atom. The summed E-state index contributed by atoms with van der Waals surface area (Å²) < 4.78 is 2.34. The SMILES string of the molecule is c1ccc(-c2cc3c4ccccc4n(-c4ccccc4)c3c(-c3ccccc3)n2)cc1. The maximum absolute atomic E-state index is 5.20. The molecule has 6 rings (SSSR count). The summed E-state index contributed by atoms with van der Waals surface area (Å²) in [7, 11) is 0. The average Bonchev–Trinajstić information content (AvgIpc) is 3.19. The first kappa shape index (κ1) is 17.7. The minimum absolute atomic E-state index is 0.989. The van der Waals surface area contributed by atoms with E-state index in [-0.39, 0.29) is 0 Å². The van der Waals surface area contributed by atoms with E-state index in [4.69, 9.17) is 4.98 Å². The Kier molecular flexibility index (Phi) is 4.14. The van der Waals surface area contributed by atoms with E-state index in [9.17, 15) is 0 Å². The Balaban J connectivity index is 1.81. The van der Waals surface area contributed by atoms with Gasteiger partial charge in [-0.2, -0.15) is 0 Å². The van der Waals surface area contributed by atoms with Gasteiger partial charge < -0.3 is 4.57 Å². The third kappa shape index (κ3) is 2.92. The number of benzene rings is 4. The van der Waals surface area contributed by atoms with Gasteiger partial charge in [0, 0.05) is 27.6 Å². The number of para-hydroxylation sites is 2. The van der Waals surface area contributed by atoms with E-state index >= 15 is 0 Å². The van der Waals surface area contributed by atoms with Gasteiger partial charge in [0.1, 0.15) is 0 Å². The lowest BCUT2D eigenvalue weighted by molar-refractivity contribution is 1.17. The van der Waals surface area contributed by atoms with Crippen molar-refractivity contribution in [1.29, 1.82) is 0 Å². The van der Waals surface area contributed by atoms with Gasteiger partial charge in [-0.3, -0.25) is 0 Å². The predicted molar refractivity (Wildman–Crippen MR) is 129 cm³/mol. The molecule has 6 aromatic rings. The fraction of sp³-hybridized carbons (Fsp3) is 0. The summed E-state index contributed by atoms with van der Waals surface area (Å²) in [6.07, 6.45) is 0. The van der Waals surface area contributed by atoms with Crippen molar-refractivity contribution in [2.24, 2.45) is 0 Å². The van der Waals surface area contributed by atoms with Gasteiger partial charge in [0.2, 0.25) is 0 Å². The van der Waals surface area contributed by atoms with Gasteiger partial charge >= 0.3 is 0 Å². The Hall–Kier alpha value is -4.17. The smallest absolute Gasteiger partial charge is 0.0956 e. The molecule has 0 spiro atoms. The molecule has 31 heavy (non-hydrogen) atoms. The zero-order valence-electron chi connectivity index (χ0n) is 16.9. The van der Waals surface area contributed by atoms with Gasteiger partial charge in [0.15, 0.2) is 0 Å². The van der Waals surface area contributed by atoms with E-state index < -0.39 is 0 Å².